The zero-order valence-corrected chi connectivity index (χ0v) is 6.82. The van der Waals surface area contributed by atoms with E-state index < -0.39 is 0 Å². The molecule has 0 bridgehead atoms. The number of nitrogens with zero attached hydrogens (tertiary/aromatic N) is 1. The standard InChI is InChI=1S/C9H10N2O/c1-8-7-10-11(12-8)9-5-3-2-4-6-9/h2-7,10H,1H3. The third kappa shape index (κ3) is 1.21. The first-order valence-corrected chi connectivity index (χ1v) is 3.82. The van der Waals surface area contributed by atoms with Gasteiger partial charge in [0, 0.05) is 0 Å². The highest BCUT2D eigenvalue weighted by atomic mass is 16.7. The number of hydrazine groups is 1. The van der Waals surface area contributed by atoms with Crippen LogP contribution in [0.1, 0.15) is 6.92 Å². The predicted octanol–water partition coefficient (Wildman–Crippen LogP) is 1.80. The highest BCUT2D eigenvalue weighted by molar-refractivity contribution is 5.43. The van der Waals surface area contributed by atoms with Crippen molar-refractivity contribution in [3.8, 4) is 0 Å². The fourth-order valence-corrected chi connectivity index (χ4v) is 1.04. The average molecular weight is 162 g/mol. The molecule has 0 spiro atoms. The Kier molecular flexibility index (Phi) is 1.63. The van der Waals surface area contributed by atoms with Crippen LogP contribution in [0.15, 0.2) is 42.3 Å². The van der Waals surface area contributed by atoms with E-state index in [1.54, 1.807) is 5.17 Å². The first kappa shape index (κ1) is 7.03. The van der Waals surface area contributed by atoms with Crippen molar-refractivity contribution in [2.75, 3.05) is 5.17 Å². The minimum Gasteiger partial charge on any atom is -0.363 e. The summed E-state index contributed by atoms with van der Waals surface area (Å²) in [4.78, 5) is 5.33. The first-order chi connectivity index (χ1) is 5.86. The van der Waals surface area contributed by atoms with Gasteiger partial charge < -0.3 is 4.84 Å². The lowest BCUT2D eigenvalue weighted by Crippen LogP contribution is -2.27. The zero-order valence-electron chi connectivity index (χ0n) is 6.82. The van der Waals surface area contributed by atoms with Gasteiger partial charge in [-0.05, 0) is 19.1 Å². The van der Waals surface area contributed by atoms with E-state index in [9.17, 15) is 0 Å². The Hall–Kier alpha value is -1.64. The van der Waals surface area contributed by atoms with Crippen molar-refractivity contribution in [2.45, 2.75) is 6.92 Å². The molecule has 0 saturated carbocycles. The van der Waals surface area contributed by atoms with Crippen molar-refractivity contribution in [3.05, 3.63) is 42.3 Å². The molecular weight excluding hydrogens is 152 g/mol. The van der Waals surface area contributed by atoms with E-state index in [0.29, 0.717) is 0 Å². The third-order valence-corrected chi connectivity index (χ3v) is 1.61. The fraction of sp³-hybridized carbons (Fsp3) is 0.111. The van der Waals surface area contributed by atoms with E-state index in [-0.39, 0.29) is 0 Å². The quantitative estimate of drug-likeness (QED) is 0.681. The topological polar surface area (TPSA) is 24.5 Å². The van der Waals surface area contributed by atoms with Crippen molar-refractivity contribution in [1.29, 1.82) is 0 Å². The number of rotatable bonds is 1. The molecule has 0 aromatic heterocycles. The molecule has 1 heterocycles. The minimum atomic E-state index is 0.860. The molecule has 1 aromatic carbocycles. The van der Waals surface area contributed by atoms with Gasteiger partial charge in [-0.1, -0.05) is 18.2 Å². The summed E-state index contributed by atoms with van der Waals surface area (Å²) in [6, 6.07) is 9.85. The number of anilines is 1. The monoisotopic (exact) mass is 162 g/mol. The lowest BCUT2D eigenvalue weighted by molar-refractivity contribution is 0.193. The summed E-state index contributed by atoms with van der Waals surface area (Å²) in [5.41, 5.74) is 3.96. The largest absolute Gasteiger partial charge is 0.363 e. The lowest BCUT2D eigenvalue weighted by atomic mass is 10.3. The van der Waals surface area contributed by atoms with Gasteiger partial charge in [-0.15, -0.1) is 5.17 Å². The van der Waals surface area contributed by atoms with Crippen molar-refractivity contribution in [1.82, 2.24) is 5.43 Å². The average Bonchev–Trinajstić information content (AvgIpc) is 2.54. The molecule has 0 saturated heterocycles. The van der Waals surface area contributed by atoms with Crippen LogP contribution in [0.2, 0.25) is 0 Å². The second kappa shape index (κ2) is 2.77. The number of hydrogen-bond acceptors (Lipinski definition) is 3. The Labute approximate surface area is 71.2 Å². The lowest BCUT2D eigenvalue weighted by Gasteiger charge is -2.16. The molecule has 1 aliphatic heterocycles. The van der Waals surface area contributed by atoms with Crippen molar-refractivity contribution >= 4 is 5.69 Å². The molecule has 12 heavy (non-hydrogen) atoms. The van der Waals surface area contributed by atoms with Crippen LogP contribution >= 0.6 is 0 Å². The van der Waals surface area contributed by atoms with Crippen LogP contribution < -0.4 is 10.6 Å². The Morgan fingerprint density at radius 2 is 2.00 bits per heavy atom. The van der Waals surface area contributed by atoms with E-state index in [2.05, 4.69) is 5.43 Å². The van der Waals surface area contributed by atoms with Crippen molar-refractivity contribution < 1.29 is 4.84 Å². The van der Waals surface area contributed by atoms with Crippen LogP contribution in [0.4, 0.5) is 5.69 Å². The van der Waals surface area contributed by atoms with Gasteiger partial charge in [0.25, 0.3) is 0 Å². The van der Waals surface area contributed by atoms with Crippen LogP contribution in [-0.4, -0.2) is 0 Å². The highest BCUT2D eigenvalue weighted by Crippen LogP contribution is 2.16. The Morgan fingerprint density at radius 3 is 2.58 bits per heavy atom. The molecular formula is C9H10N2O. The van der Waals surface area contributed by atoms with Crippen LogP contribution in [0, 0.1) is 0 Å². The van der Waals surface area contributed by atoms with Crippen LogP contribution in [0.5, 0.6) is 0 Å². The summed E-state index contributed by atoms with van der Waals surface area (Å²) in [5, 5.41) is 1.62. The molecule has 62 valence electrons. The van der Waals surface area contributed by atoms with Gasteiger partial charge in [-0.25, -0.2) is 0 Å². The number of benzene rings is 1. The summed E-state index contributed by atoms with van der Waals surface area (Å²) < 4.78 is 0. The molecule has 1 N–H and O–H groups in total. The van der Waals surface area contributed by atoms with E-state index in [4.69, 9.17) is 4.84 Å². The summed E-state index contributed by atoms with van der Waals surface area (Å²) in [6.07, 6.45) is 1.81. The Morgan fingerprint density at radius 1 is 1.25 bits per heavy atom. The maximum absolute atomic E-state index is 5.33. The smallest absolute Gasteiger partial charge is 0.149 e. The predicted molar refractivity (Wildman–Crippen MR) is 46.9 cm³/mol. The second-order valence-electron chi connectivity index (χ2n) is 2.61. The van der Waals surface area contributed by atoms with E-state index in [0.717, 1.165) is 11.4 Å². The van der Waals surface area contributed by atoms with Gasteiger partial charge in [0.15, 0.2) is 0 Å². The van der Waals surface area contributed by atoms with Gasteiger partial charge in [0.1, 0.15) is 5.76 Å². The molecule has 0 fully saturated rings. The molecule has 1 aromatic rings. The molecule has 0 amide bonds. The maximum Gasteiger partial charge on any atom is 0.149 e. The van der Waals surface area contributed by atoms with Gasteiger partial charge in [-0.3, -0.25) is 5.43 Å². The third-order valence-electron chi connectivity index (χ3n) is 1.61. The molecule has 0 aliphatic carbocycles. The first-order valence-electron chi connectivity index (χ1n) is 3.82. The van der Waals surface area contributed by atoms with Gasteiger partial charge in [-0.2, -0.15) is 0 Å². The molecule has 0 unspecified atom stereocenters. The van der Waals surface area contributed by atoms with Crippen molar-refractivity contribution in [2.24, 2.45) is 0 Å². The minimum absolute atomic E-state index is 0.860. The second-order valence-corrected chi connectivity index (χ2v) is 2.61. The van der Waals surface area contributed by atoms with Crippen LogP contribution in [-0.2, 0) is 4.84 Å². The zero-order chi connectivity index (χ0) is 8.39. The van der Waals surface area contributed by atoms with E-state index >= 15 is 0 Å². The molecule has 3 nitrogen and oxygen atoms in total. The maximum atomic E-state index is 5.33. The van der Waals surface area contributed by atoms with E-state index in [1.165, 1.54) is 0 Å². The highest BCUT2D eigenvalue weighted by Gasteiger charge is 2.11. The van der Waals surface area contributed by atoms with Gasteiger partial charge >= 0.3 is 0 Å². The molecule has 1 aliphatic rings. The molecule has 0 radical (unpaired) electrons. The fourth-order valence-electron chi connectivity index (χ4n) is 1.04. The summed E-state index contributed by atoms with van der Waals surface area (Å²) >= 11 is 0. The SMILES string of the molecule is CC1=CNN(c2ccccc2)O1. The van der Waals surface area contributed by atoms with Crippen LogP contribution in [0.3, 0.4) is 0 Å². The number of hydrogen-bond donors (Lipinski definition) is 1. The van der Waals surface area contributed by atoms with Crippen molar-refractivity contribution in [3.63, 3.8) is 0 Å². The van der Waals surface area contributed by atoms with Gasteiger partial charge in [0.05, 0.1) is 11.9 Å². The summed E-state index contributed by atoms with van der Waals surface area (Å²) in [5.74, 6) is 0.860. The summed E-state index contributed by atoms with van der Waals surface area (Å²) in [6.45, 7) is 1.90. The number of nitrogens with one attached hydrogen (secondary N) is 1. The van der Waals surface area contributed by atoms with E-state index in [1.807, 2.05) is 43.5 Å². The Balaban J connectivity index is 2.14. The number of para-hydroxylation sites is 1. The Bertz CT molecular complexity index is 295. The molecule has 0 atom stereocenters. The normalized spacial score (nSPS) is 15.1. The van der Waals surface area contributed by atoms with Crippen LogP contribution in [0.25, 0.3) is 0 Å². The molecule has 3 heteroatoms. The van der Waals surface area contributed by atoms with Gasteiger partial charge in [0.2, 0.25) is 0 Å². The summed E-state index contributed by atoms with van der Waals surface area (Å²) in [7, 11) is 0. The molecule has 2 rings (SSSR count). The number of allylic oxidation sites excluding steroid dienone is 1.